The topological polar surface area (TPSA) is 40.6 Å². The SMILES string of the molecule is O=S(=O)(CC1CC1)N1CCN(CCBr)CC1. The van der Waals surface area contributed by atoms with Gasteiger partial charge in [-0.05, 0) is 18.8 Å². The normalized spacial score (nSPS) is 24.8. The van der Waals surface area contributed by atoms with E-state index < -0.39 is 10.0 Å². The largest absolute Gasteiger partial charge is 0.300 e. The van der Waals surface area contributed by atoms with E-state index in [0.29, 0.717) is 24.8 Å². The fourth-order valence-corrected chi connectivity index (χ4v) is 4.40. The van der Waals surface area contributed by atoms with E-state index in [-0.39, 0.29) is 0 Å². The minimum absolute atomic E-state index is 0.380. The molecule has 0 amide bonds. The third-order valence-electron chi connectivity index (χ3n) is 3.27. The predicted molar refractivity (Wildman–Crippen MR) is 68.3 cm³/mol. The highest BCUT2D eigenvalue weighted by Gasteiger charge is 2.33. The molecule has 16 heavy (non-hydrogen) atoms. The lowest BCUT2D eigenvalue weighted by Crippen LogP contribution is -2.49. The summed E-state index contributed by atoms with van der Waals surface area (Å²) in [6, 6.07) is 0. The van der Waals surface area contributed by atoms with Gasteiger partial charge in [-0.2, -0.15) is 4.31 Å². The molecule has 2 fully saturated rings. The predicted octanol–water partition coefficient (Wildman–Crippen LogP) is 0.739. The van der Waals surface area contributed by atoms with Gasteiger partial charge in [-0.15, -0.1) is 0 Å². The van der Waals surface area contributed by atoms with Gasteiger partial charge >= 0.3 is 0 Å². The molecule has 0 N–H and O–H groups in total. The number of hydrogen-bond donors (Lipinski definition) is 0. The zero-order valence-electron chi connectivity index (χ0n) is 9.44. The van der Waals surface area contributed by atoms with Crippen LogP contribution in [0.5, 0.6) is 0 Å². The van der Waals surface area contributed by atoms with E-state index in [4.69, 9.17) is 0 Å². The molecular weight excluding hydrogens is 292 g/mol. The van der Waals surface area contributed by atoms with Crippen molar-refractivity contribution < 1.29 is 8.42 Å². The third-order valence-corrected chi connectivity index (χ3v) is 5.67. The molecule has 1 aliphatic carbocycles. The molecule has 1 aliphatic heterocycles. The summed E-state index contributed by atoms with van der Waals surface area (Å²) in [6.07, 6.45) is 2.20. The average molecular weight is 311 g/mol. The van der Waals surface area contributed by atoms with Crippen LogP contribution in [0.1, 0.15) is 12.8 Å². The molecule has 0 spiro atoms. The molecule has 2 rings (SSSR count). The van der Waals surface area contributed by atoms with Gasteiger partial charge in [0.05, 0.1) is 5.75 Å². The van der Waals surface area contributed by atoms with E-state index >= 15 is 0 Å². The van der Waals surface area contributed by atoms with Crippen LogP contribution < -0.4 is 0 Å². The number of hydrogen-bond acceptors (Lipinski definition) is 3. The van der Waals surface area contributed by atoms with Crippen LogP contribution in [-0.4, -0.2) is 61.4 Å². The lowest BCUT2D eigenvalue weighted by molar-refractivity contribution is 0.198. The maximum Gasteiger partial charge on any atom is 0.214 e. The van der Waals surface area contributed by atoms with Gasteiger partial charge in [0.1, 0.15) is 0 Å². The van der Waals surface area contributed by atoms with Gasteiger partial charge in [0.2, 0.25) is 10.0 Å². The molecule has 0 atom stereocenters. The second kappa shape index (κ2) is 5.33. The molecule has 0 aromatic carbocycles. The number of sulfonamides is 1. The Balaban J connectivity index is 1.82. The Kier molecular flexibility index (Phi) is 4.26. The van der Waals surface area contributed by atoms with Crippen molar-refractivity contribution in [2.75, 3.05) is 43.8 Å². The highest BCUT2D eigenvalue weighted by atomic mass is 79.9. The van der Waals surface area contributed by atoms with E-state index in [2.05, 4.69) is 20.8 Å². The Morgan fingerprint density at radius 1 is 1.12 bits per heavy atom. The molecule has 1 heterocycles. The van der Waals surface area contributed by atoms with E-state index in [0.717, 1.165) is 37.8 Å². The van der Waals surface area contributed by atoms with Crippen LogP contribution >= 0.6 is 15.9 Å². The molecule has 94 valence electrons. The van der Waals surface area contributed by atoms with Gasteiger partial charge in [-0.3, -0.25) is 4.90 Å². The van der Waals surface area contributed by atoms with Crippen LogP contribution in [0.25, 0.3) is 0 Å². The van der Waals surface area contributed by atoms with E-state index in [1.54, 1.807) is 4.31 Å². The molecule has 0 unspecified atom stereocenters. The van der Waals surface area contributed by atoms with E-state index in [9.17, 15) is 8.42 Å². The molecule has 4 nitrogen and oxygen atoms in total. The molecule has 0 bridgehead atoms. The maximum atomic E-state index is 12.0. The molecule has 6 heteroatoms. The van der Waals surface area contributed by atoms with Gasteiger partial charge in [-0.25, -0.2) is 8.42 Å². The minimum atomic E-state index is -2.96. The van der Waals surface area contributed by atoms with Crippen molar-refractivity contribution in [3.05, 3.63) is 0 Å². The second-order valence-electron chi connectivity index (χ2n) is 4.65. The zero-order valence-corrected chi connectivity index (χ0v) is 11.8. The Morgan fingerprint density at radius 3 is 2.25 bits per heavy atom. The number of piperazine rings is 1. The van der Waals surface area contributed by atoms with Gasteiger partial charge in [0, 0.05) is 38.1 Å². The Labute approximate surface area is 106 Å². The molecular formula is C10H19BrN2O2S. The van der Waals surface area contributed by atoms with Gasteiger partial charge in [0.25, 0.3) is 0 Å². The fraction of sp³-hybridized carbons (Fsp3) is 1.00. The Bertz CT molecular complexity index is 322. The monoisotopic (exact) mass is 310 g/mol. The van der Waals surface area contributed by atoms with Crippen molar-refractivity contribution in [3.63, 3.8) is 0 Å². The van der Waals surface area contributed by atoms with Gasteiger partial charge in [0.15, 0.2) is 0 Å². The smallest absolute Gasteiger partial charge is 0.214 e. The first-order valence-corrected chi connectivity index (χ1v) is 8.61. The molecule has 2 aliphatic rings. The summed E-state index contributed by atoms with van der Waals surface area (Å²) in [6.45, 7) is 4.09. The Morgan fingerprint density at radius 2 is 1.75 bits per heavy atom. The van der Waals surface area contributed by atoms with Crippen molar-refractivity contribution in [1.29, 1.82) is 0 Å². The highest BCUT2D eigenvalue weighted by molar-refractivity contribution is 9.09. The molecule has 0 aromatic heterocycles. The van der Waals surface area contributed by atoms with Crippen LogP contribution in [0.3, 0.4) is 0 Å². The number of nitrogens with zero attached hydrogens (tertiary/aromatic N) is 2. The number of halogens is 1. The van der Waals surface area contributed by atoms with Crippen molar-refractivity contribution in [3.8, 4) is 0 Å². The number of rotatable bonds is 5. The molecule has 0 radical (unpaired) electrons. The molecule has 1 saturated heterocycles. The van der Waals surface area contributed by atoms with Crippen LogP contribution in [0.4, 0.5) is 0 Å². The summed E-state index contributed by atoms with van der Waals surface area (Å²) in [5, 5.41) is 0.960. The summed E-state index contributed by atoms with van der Waals surface area (Å²) in [7, 11) is -2.96. The van der Waals surface area contributed by atoms with Crippen LogP contribution in [0, 0.1) is 5.92 Å². The van der Waals surface area contributed by atoms with E-state index in [1.807, 2.05) is 0 Å². The van der Waals surface area contributed by atoms with Gasteiger partial charge in [-0.1, -0.05) is 15.9 Å². The Hall–Kier alpha value is 0.350. The molecule has 1 saturated carbocycles. The summed E-state index contributed by atoms with van der Waals surface area (Å²) in [4.78, 5) is 2.30. The minimum Gasteiger partial charge on any atom is -0.300 e. The lowest BCUT2D eigenvalue weighted by atomic mass is 10.4. The van der Waals surface area contributed by atoms with Crippen molar-refractivity contribution in [2.24, 2.45) is 5.92 Å². The summed E-state index contributed by atoms with van der Waals surface area (Å²) in [5.41, 5.74) is 0. The van der Waals surface area contributed by atoms with Crippen molar-refractivity contribution in [1.82, 2.24) is 9.21 Å². The highest BCUT2D eigenvalue weighted by Crippen LogP contribution is 2.31. The fourth-order valence-electron chi connectivity index (χ4n) is 2.04. The first-order valence-electron chi connectivity index (χ1n) is 5.88. The van der Waals surface area contributed by atoms with Gasteiger partial charge < -0.3 is 0 Å². The van der Waals surface area contributed by atoms with Crippen LogP contribution in [0.15, 0.2) is 0 Å². The first-order chi connectivity index (χ1) is 7.62. The quantitative estimate of drug-likeness (QED) is 0.703. The maximum absolute atomic E-state index is 12.0. The van der Waals surface area contributed by atoms with Crippen molar-refractivity contribution >= 4 is 26.0 Å². The van der Waals surface area contributed by atoms with Crippen LogP contribution in [0.2, 0.25) is 0 Å². The van der Waals surface area contributed by atoms with Crippen LogP contribution in [-0.2, 0) is 10.0 Å². The third kappa shape index (κ3) is 3.42. The average Bonchev–Trinajstić information content (AvgIpc) is 3.02. The first kappa shape index (κ1) is 12.8. The lowest BCUT2D eigenvalue weighted by Gasteiger charge is -2.33. The summed E-state index contributed by atoms with van der Waals surface area (Å²) in [5.74, 6) is 0.830. The number of alkyl halides is 1. The van der Waals surface area contributed by atoms with Crippen molar-refractivity contribution in [2.45, 2.75) is 12.8 Å². The van der Waals surface area contributed by atoms with E-state index in [1.165, 1.54) is 0 Å². The standard InChI is InChI=1S/C10H19BrN2O2S/c11-3-4-12-5-7-13(8-6-12)16(14,15)9-10-1-2-10/h10H,1-9H2. The second-order valence-corrected chi connectivity index (χ2v) is 7.46. The zero-order chi connectivity index (χ0) is 11.6. The molecule has 0 aromatic rings. The summed E-state index contributed by atoms with van der Waals surface area (Å²) < 4.78 is 25.7. The summed E-state index contributed by atoms with van der Waals surface area (Å²) >= 11 is 3.41.